The zero-order valence-electron chi connectivity index (χ0n) is 14.7. The number of aliphatic carboxylic acids is 1. The number of rotatable bonds is 5. The molecule has 2 aromatic rings. The highest BCUT2D eigenvalue weighted by atomic mass is 32.1. The number of carboxylic acid groups (broad SMARTS) is 1. The highest BCUT2D eigenvalue weighted by Crippen LogP contribution is 2.35. The van der Waals surface area contributed by atoms with Crippen LogP contribution in [0.4, 0.5) is 9.52 Å². The van der Waals surface area contributed by atoms with Crippen LogP contribution in [0.15, 0.2) is 29.6 Å². The van der Waals surface area contributed by atoms with Gasteiger partial charge in [0.2, 0.25) is 0 Å². The summed E-state index contributed by atoms with van der Waals surface area (Å²) in [6, 6.07) is 5.48. The fourth-order valence-electron chi connectivity index (χ4n) is 3.33. The Labute approximate surface area is 159 Å². The van der Waals surface area contributed by atoms with Gasteiger partial charge in [0.1, 0.15) is 16.9 Å². The van der Waals surface area contributed by atoms with Crippen molar-refractivity contribution >= 4 is 28.3 Å². The van der Waals surface area contributed by atoms with E-state index in [1.54, 1.807) is 12.4 Å². The zero-order valence-corrected chi connectivity index (χ0v) is 15.5. The van der Waals surface area contributed by atoms with Crippen molar-refractivity contribution in [1.82, 2.24) is 9.88 Å². The van der Waals surface area contributed by atoms with Gasteiger partial charge in [-0.3, -0.25) is 9.59 Å². The standard InChI is InChI=1S/C18H20FN3O4S/c1-20-17-21-13(9-27-17)15(24)22-7-6-14(23)18(10-22,16(25)26)8-11-2-4-12(19)5-3-11/h2-5,9,14,23H,6-8,10H2,1H3,(H,20,21)(H,25,26)/t14-,18+/m0/s1. The Morgan fingerprint density at radius 2 is 2.11 bits per heavy atom. The van der Waals surface area contributed by atoms with Crippen LogP contribution in [0.1, 0.15) is 22.5 Å². The number of hydrogen-bond donors (Lipinski definition) is 3. The van der Waals surface area contributed by atoms with Gasteiger partial charge in [-0.15, -0.1) is 11.3 Å². The highest BCUT2D eigenvalue weighted by Gasteiger charge is 2.50. The summed E-state index contributed by atoms with van der Waals surface area (Å²) >= 11 is 1.28. The maximum Gasteiger partial charge on any atom is 0.314 e. The summed E-state index contributed by atoms with van der Waals surface area (Å²) in [6.07, 6.45) is -0.985. The van der Waals surface area contributed by atoms with Gasteiger partial charge < -0.3 is 20.4 Å². The maximum atomic E-state index is 13.2. The number of nitrogens with one attached hydrogen (secondary N) is 1. The molecule has 0 saturated carbocycles. The summed E-state index contributed by atoms with van der Waals surface area (Å²) in [5.41, 5.74) is -0.742. The van der Waals surface area contributed by atoms with Gasteiger partial charge in [-0.25, -0.2) is 9.37 Å². The van der Waals surface area contributed by atoms with Gasteiger partial charge in [0.25, 0.3) is 5.91 Å². The van der Waals surface area contributed by atoms with Crippen LogP contribution in [0.3, 0.4) is 0 Å². The molecule has 0 spiro atoms. The summed E-state index contributed by atoms with van der Waals surface area (Å²) in [5.74, 6) is -1.98. The number of halogens is 1. The van der Waals surface area contributed by atoms with Crippen molar-refractivity contribution in [2.24, 2.45) is 5.41 Å². The number of aliphatic hydroxyl groups excluding tert-OH is 1. The van der Waals surface area contributed by atoms with E-state index >= 15 is 0 Å². The van der Waals surface area contributed by atoms with Crippen LogP contribution < -0.4 is 5.32 Å². The molecular formula is C18H20FN3O4S. The quantitative estimate of drug-likeness (QED) is 0.716. The van der Waals surface area contributed by atoms with Gasteiger partial charge >= 0.3 is 5.97 Å². The number of hydrogen-bond acceptors (Lipinski definition) is 6. The lowest BCUT2D eigenvalue weighted by Gasteiger charge is -2.43. The van der Waals surface area contributed by atoms with Crippen molar-refractivity contribution in [3.05, 3.63) is 46.7 Å². The molecule has 2 atom stereocenters. The molecule has 1 saturated heterocycles. The molecule has 1 aromatic heterocycles. The average Bonchev–Trinajstić information content (AvgIpc) is 3.14. The van der Waals surface area contributed by atoms with Crippen molar-refractivity contribution in [3.63, 3.8) is 0 Å². The number of carbonyl (C=O) groups excluding carboxylic acids is 1. The summed E-state index contributed by atoms with van der Waals surface area (Å²) in [4.78, 5) is 30.5. The average molecular weight is 393 g/mol. The fraction of sp³-hybridized carbons (Fsp3) is 0.389. The Hall–Kier alpha value is -2.52. The molecular weight excluding hydrogens is 373 g/mol. The second-order valence-electron chi connectivity index (χ2n) is 6.58. The zero-order chi connectivity index (χ0) is 19.6. The van der Waals surface area contributed by atoms with Gasteiger partial charge in [-0.1, -0.05) is 12.1 Å². The minimum Gasteiger partial charge on any atom is -0.481 e. The molecule has 1 amide bonds. The fourth-order valence-corrected chi connectivity index (χ4v) is 3.97. The monoisotopic (exact) mass is 393 g/mol. The number of amides is 1. The Bertz CT molecular complexity index is 841. The first-order valence-electron chi connectivity index (χ1n) is 8.44. The van der Waals surface area contributed by atoms with E-state index in [1.807, 2.05) is 0 Å². The van der Waals surface area contributed by atoms with E-state index in [0.29, 0.717) is 10.7 Å². The number of aliphatic hydroxyl groups is 1. The lowest BCUT2D eigenvalue weighted by atomic mass is 9.72. The third-order valence-corrected chi connectivity index (χ3v) is 5.73. The van der Waals surface area contributed by atoms with Crippen molar-refractivity contribution in [3.8, 4) is 0 Å². The van der Waals surface area contributed by atoms with Gasteiger partial charge in [-0.05, 0) is 30.5 Å². The van der Waals surface area contributed by atoms with Crippen LogP contribution in [0, 0.1) is 11.2 Å². The van der Waals surface area contributed by atoms with Crippen molar-refractivity contribution < 1.29 is 24.2 Å². The van der Waals surface area contributed by atoms with E-state index in [-0.39, 0.29) is 37.5 Å². The van der Waals surface area contributed by atoms with Crippen molar-refractivity contribution in [2.45, 2.75) is 18.9 Å². The number of aromatic nitrogens is 1. The van der Waals surface area contributed by atoms with Crippen molar-refractivity contribution in [1.29, 1.82) is 0 Å². The largest absolute Gasteiger partial charge is 0.481 e. The highest BCUT2D eigenvalue weighted by molar-refractivity contribution is 7.13. The Kier molecular flexibility index (Phi) is 5.43. The van der Waals surface area contributed by atoms with Gasteiger partial charge in [0, 0.05) is 25.5 Å². The molecule has 1 aromatic carbocycles. The Morgan fingerprint density at radius 3 is 2.70 bits per heavy atom. The SMILES string of the molecule is CNc1nc(C(=O)N2CC[C@H](O)[C@](Cc3ccc(F)cc3)(C(=O)O)C2)cs1. The number of thiazole rings is 1. The summed E-state index contributed by atoms with van der Waals surface area (Å²) in [5, 5.41) is 25.5. The number of nitrogens with zero attached hydrogens (tertiary/aromatic N) is 2. The molecule has 3 rings (SSSR count). The maximum absolute atomic E-state index is 13.2. The summed E-state index contributed by atoms with van der Waals surface area (Å²) in [6.45, 7) is 0.0942. The summed E-state index contributed by atoms with van der Waals surface area (Å²) in [7, 11) is 1.70. The lowest BCUT2D eigenvalue weighted by molar-refractivity contribution is -0.161. The topological polar surface area (TPSA) is 103 Å². The molecule has 1 aliphatic heterocycles. The van der Waals surface area contributed by atoms with Gasteiger partial charge in [-0.2, -0.15) is 0 Å². The third kappa shape index (κ3) is 3.79. The van der Waals surface area contributed by atoms with E-state index in [4.69, 9.17) is 0 Å². The number of carboxylic acids is 1. The first kappa shape index (κ1) is 19.2. The van der Waals surface area contributed by atoms with Gasteiger partial charge in [0.05, 0.1) is 6.10 Å². The number of likely N-dealkylation sites (tertiary alicyclic amines) is 1. The minimum atomic E-state index is -1.56. The van der Waals surface area contributed by atoms with Crippen LogP contribution in [0.25, 0.3) is 0 Å². The van der Waals surface area contributed by atoms with Gasteiger partial charge in [0.15, 0.2) is 5.13 Å². The molecule has 9 heteroatoms. The second kappa shape index (κ2) is 7.61. The lowest BCUT2D eigenvalue weighted by Crippen LogP contribution is -2.58. The van der Waals surface area contributed by atoms with E-state index in [1.165, 1.54) is 40.5 Å². The molecule has 0 aliphatic carbocycles. The van der Waals surface area contributed by atoms with Crippen LogP contribution in [0.2, 0.25) is 0 Å². The van der Waals surface area contributed by atoms with E-state index in [0.717, 1.165) is 0 Å². The molecule has 27 heavy (non-hydrogen) atoms. The van der Waals surface area contributed by atoms with Crippen LogP contribution >= 0.6 is 11.3 Å². The van der Waals surface area contributed by atoms with Crippen LogP contribution in [-0.2, 0) is 11.2 Å². The van der Waals surface area contributed by atoms with Crippen LogP contribution in [-0.4, -0.2) is 58.2 Å². The Balaban J connectivity index is 1.87. The van der Waals surface area contributed by atoms with Crippen molar-refractivity contribution in [2.75, 3.05) is 25.5 Å². The first-order valence-corrected chi connectivity index (χ1v) is 9.32. The Morgan fingerprint density at radius 1 is 1.41 bits per heavy atom. The van der Waals surface area contributed by atoms with E-state index < -0.39 is 23.3 Å². The molecule has 7 nitrogen and oxygen atoms in total. The molecule has 144 valence electrons. The number of carbonyl (C=O) groups is 2. The van der Waals surface area contributed by atoms with E-state index in [2.05, 4.69) is 10.3 Å². The number of benzene rings is 1. The second-order valence-corrected chi connectivity index (χ2v) is 7.44. The third-order valence-electron chi connectivity index (χ3n) is 4.87. The predicted octanol–water partition coefficient (Wildman–Crippen LogP) is 1.84. The molecule has 0 bridgehead atoms. The molecule has 0 unspecified atom stereocenters. The molecule has 1 fully saturated rings. The molecule has 1 aliphatic rings. The van der Waals surface area contributed by atoms with Crippen LogP contribution in [0.5, 0.6) is 0 Å². The number of anilines is 1. The first-order chi connectivity index (χ1) is 12.9. The van der Waals surface area contributed by atoms with E-state index in [9.17, 15) is 24.2 Å². The molecule has 2 heterocycles. The molecule has 3 N–H and O–H groups in total. The normalized spacial score (nSPS) is 22.5. The smallest absolute Gasteiger partial charge is 0.314 e. The number of piperidine rings is 1. The molecule has 0 radical (unpaired) electrons. The predicted molar refractivity (Wildman–Crippen MR) is 98.4 cm³/mol. The minimum absolute atomic E-state index is 0.00755. The summed E-state index contributed by atoms with van der Waals surface area (Å²) < 4.78 is 13.2.